The summed E-state index contributed by atoms with van der Waals surface area (Å²) in [5.41, 5.74) is -0.482. The average molecular weight is 330 g/mol. The fourth-order valence-electron chi connectivity index (χ4n) is 2.32. The molecule has 21 heavy (non-hydrogen) atoms. The van der Waals surface area contributed by atoms with Crippen molar-refractivity contribution >= 4 is 20.8 Å². The predicted molar refractivity (Wildman–Crippen MR) is 76.9 cm³/mol. The van der Waals surface area contributed by atoms with Gasteiger partial charge < -0.3 is 0 Å². The van der Waals surface area contributed by atoms with Crippen LogP contribution in [0.15, 0.2) is 23.1 Å². The highest BCUT2D eigenvalue weighted by atomic mass is 32.2. The summed E-state index contributed by atoms with van der Waals surface area (Å²) in [6.45, 7) is 3.49. The molecular weight excluding hydrogens is 315 g/mol. The molecule has 0 amide bonds. The lowest BCUT2D eigenvalue weighted by molar-refractivity contribution is 0.334. The Labute approximate surface area is 125 Å². The van der Waals surface area contributed by atoms with Gasteiger partial charge in [-0.2, -0.15) is 9.57 Å². The van der Waals surface area contributed by atoms with Crippen LogP contribution in [0.4, 0.5) is 4.39 Å². The molecule has 3 atom stereocenters. The van der Waals surface area contributed by atoms with Crippen LogP contribution in [0.1, 0.15) is 19.4 Å². The first-order chi connectivity index (χ1) is 9.80. The zero-order chi connectivity index (χ0) is 15.8. The number of sulfonamides is 1. The minimum atomic E-state index is -4.00. The molecule has 0 bridgehead atoms. The van der Waals surface area contributed by atoms with Gasteiger partial charge in [-0.15, -0.1) is 0 Å². The third-order valence-electron chi connectivity index (χ3n) is 3.73. The van der Waals surface area contributed by atoms with Crippen molar-refractivity contribution in [3.05, 3.63) is 29.6 Å². The van der Waals surface area contributed by atoms with Gasteiger partial charge in [-0.3, -0.25) is 4.21 Å². The van der Waals surface area contributed by atoms with E-state index < -0.39 is 38.2 Å². The maximum Gasteiger partial charge on any atom is 0.244 e. The zero-order valence-electron chi connectivity index (χ0n) is 11.6. The van der Waals surface area contributed by atoms with Crippen molar-refractivity contribution in [1.82, 2.24) is 4.31 Å². The van der Waals surface area contributed by atoms with E-state index in [9.17, 15) is 17.0 Å². The van der Waals surface area contributed by atoms with Crippen LogP contribution in [0.25, 0.3) is 0 Å². The summed E-state index contributed by atoms with van der Waals surface area (Å²) in [7, 11) is -5.08. The fourth-order valence-corrected chi connectivity index (χ4v) is 5.70. The maximum atomic E-state index is 13.6. The van der Waals surface area contributed by atoms with Gasteiger partial charge in [0.05, 0.1) is 0 Å². The van der Waals surface area contributed by atoms with E-state index in [1.165, 1.54) is 16.4 Å². The van der Waals surface area contributed by atoms with Crippen molar-refractivity contribution in [2.75, 3.05) is 12.3 Å². The Morgan fingerprint density at radius 3 is 2.71 bits per heavy atom. The van der Waals surface area contributed by atoms with E-state index in [1.54, 1.807) is 19.9 Å². The molecule has 1 fully saturated rings. The predicted octanol–water partition coefficient (Wildman–Crippen LogP) is 1.23. The quantitative estimate of drug-likeness (QED) is 0.817. The lowest BCUT2D eigenvalue weighted by Crippen LogP contribution is -2.52. The van der Waals surface area contributed by atoms with Gasteiger partial charge in [0.15, 0.2) is 0 Å². The second-order valence-electron chi connectivity index (χ2n) is 4.87. The van der Waals surface area contributed by atoms with Gasteiger partial charge in [0, 0.05) is 34.4 Å². The first-order valence-corrected chi connectivity index (χ1v) is 9.20. The summed E-state index contributed by atoms with van der Waals surface area (Å²) >= 11 is 0. The summed E-state index contributed by atoms with van der Waals surface area (Å²) in [6, 6.07) is 4.67. The maximum absolute atomic E-state index is 13.6. The van der Waals surface area contributed by atoms with E-state index in [-0.39, 0.29) is 22.4 Å². The number of nitrogens with zero attached hydrogens (tertiary/aromatic N) is 2. The normalized spacial score (nSPS) is 27.2. The van der Waals surface area contributed by atoms with Crippen LogP contribution in [0.3, 0.4) is 0 Å². The molecule has 0 radical (unpaired) electrons. The van der Waals surface area contributed by atoms with Gasteiger partial charge in [0.25, 0.3) is 0 Å². The van der Waals surface area contributed by atoms with Crippen molar-refractivity contribution in [2.45, 2.75) is 30.0 Å². The van der Waals surface area contributed by atoms with Crippen LogP contribution in [0.5, 0.6) is 0 Å². The Morgan fingerprint density at radius 1 is 1.43 bits per heavy atom. The first-order valence-electron chi connectivity index (χ1n) is 6.38. The number of rotatable bonds is 2. The molecule has 5 nitrogen and oxygen atoms in total. The molecule has 1 heterocycles. The van der Waals surface area contributed by atoms with Crippen LogP contribution in [0, 0.1) is 17.1 Å². The third kappa shape index (κ3) is 2.73. The molecule has 114 valence electrons. The lowest BCUT2D eigenvalue weighted by Gasteiger charge is -2.36. The molecule has 0 N–H and O–H groups in total. The van der Waals surface area contributed by atoms with E-state index in [1.807, 2.05) is 0 Å². The van der Waals surface area contributed by atoms with Crippen LogP contribution >= 0.6 is 0 Å². The summed E-state index contributed by atoms with van der Waals surface area (Å²) in [5, 5.41) is 8.69. The SMILES string of the molecule is CC1C(C)S(=O)CCN1S(=O)(=O)c1cccc(F)c1C#N. The molecule has 0 spiro atoms. The summed E-state index contributed by atoms with van der Waals surface area (Å²) in [6.07, 6.45) is 0. The standard InChI is InChI=1S/C13H15FN2O3S2/c1-9-10(2)20(17)7-6-16(9)21(18,19)13-5-3-4-12(14)11(13)8-15/h3-5,9-10H,6-7H2,1-2H3. The van der Waals surface area contributed by atoms with Gasteiger partial charge in [-0.25, -0.2) is 12.8 Å². The first kappa shape index (κ1) is 16.1. The molecule has 0 aromatic heterocycles. The number of benzene rings is 1. The molecular formula is C13H15FN2O3S2. The third-order valence-corrected chi connectivity index (χ3v) is 7.57. The van der Waals surface area contributed by atoms with Crippen molar-refractivity contribution in [3.8, 4) is 6.07 Å². The Bertz CT molecular complexity index is 727. The summed E-state index contributed by atoms with van der Waals surface area (Å²) in [5.74, 6) is -0.623. The van der Waals surface area contributed by atoms with Crippen molar-refractivity contribution < 1.29 is 17.0 Å². The van der Waals surface area contributed by atoms with Gasteiger partial charge >= 0.3 is 0 Å². The Kier molecular flexibility index (Phi) is 4.46. The zero-order valence-corrected chi connectivity index (χ0v) is 13.2. The molecule has 1 aromatic carbocycles. The van der Waals surface area contributed by atoms with Gasteiger partial charge in [-0.05, 0) is 26.0 Å². The Morgan fingerprint density at radius 2 is 2.10 bits per heavy atom. The molecule has 2 rings (SSSR count). The number of halogens is 1. The average Bonchev–Trinajstić information content (AvgIpc) is 2.44. The molecule has 1 aromatic rings. The number of hydrogen-bond donors (Lipinski definition) is 0. The van der Waals surface area contributed by atoms with E-state index in [4.69, 9.17) is 5.26 Å². The van der Waals surface area contributed by atoms with E-state index in [0.29, 0.717) is 0 Å². The van der Waals surface area contributed by atoms with Gasteiger partial charge in [-0.1, -0.05) is 6.07 Å². The fraction of sp³-hybridized carbons (Fsp3) is 0.462. The smallest absolute Gasteiger partial charge is 0.244 e. The Hall–Kier alpha value is -1.30. The van der Waals surface area contributed by atoms with Crippen LogP contribution in [0.2, 0.25) is 0 Å². The van der Waals surface area contributed by atoms with Gasteiger partial charge in [0.2, 0.25) is 10.0 Å². The van der Waals surface area contributed by atoms with Gasteiger partial charge in [0.1, 0.15) is 22.3 Å². The molecule has 8 heteroatoms. The second kappa shape index (κ2) is 5.83. The largest absolute Gasteiger partial charge is 0.259 e. The second-order valence-corrected chi connectivity index (χ2v) is 8.64. The monoisotopic (exact) mass is 330 g/mol. The summed E-state index contributed by atoms with van der Waals surface area (Å²) < 4.78 is 52.0. The molecule has 0 saturated carbocycles. The van der Waals surface area contributed by atoms with Crippen molar-refractivity contribution in [2.24, 2.45) is 0 Å². The molecule has 0 aliphatic carbocycles. The molecule has 1 aliphatic rings. The minimum absolute atomic E-state index is 0.0990. The molecule has 1 aliphatic heterocycles. The lowest BCUT2D eigenvalue weighted by atomic mass is 10.2. The number of nitriles is 1. The highest BCUT2D eigenvalue weighted by Crippen LogP contribution is 2.27. The highest BCUT2D eigenvalue weighted by Gasteiger charge is 2.39. The molecule has 3 unspecified atom stereocenters. The van der Waals surface area contributed by atoms with E-state index in [2.05, 4.69) is 0 Å². The van der Waals surface area contributed by atoms with E-state index in [0.717, 1.165) is 6.07 Å². The summed E-state index contributed by atoms with van der Waals surface area (Å²) in [4.78, 5) is -0.336. The molecule has 1 saturated heterocycles. The minimum Gasteiger partial charge on any atom is -0.259 e. The Balaban J connectivity index is 2.51. The van der Waals surface area contributed by atoms with Crippen LogP contribution < -0.4 is 0 Å². The van der Waals surface area contributed by atoms with Crippen LogP contribution in [-0.2, 0) is 20.8 Å². The van der Waals surface area contributed by atoms with Crippen molar-refractivity contribution in [3.63, 3.8) is 0 Å². The topological polar surface area (TPSA) is 78.2 Å². The van der Waals surface area contributed by atoms with Crippen LogP contribution in [-0.4, -0.2) is 40.5 Å². The van der Waals surface area contributed by atoms with E-state index >= 15 is 0 Å². The highest BCUT2D eigenvalue weighted by molar-refractivity contribution is 7.89. The van der Waals surface area contributed by atoms with Crippen molar-refractivity contribution in [1.29, 1.82) is 5.26 Å². The number of hydrogen-bond acceptors (Lipinski definition) is 4.